The van der Waals surface area contributed by atoms with Crippen LogP contribution in [0.3, 0.4) is 0 Å². The van der Waals surface area contributed by atoms with E-state index in [1.54, 1.807) is 0 Å². The Labute approximate surface area is 156 Å². The summed E-state index contributed by atoms with van der Waals surface area (Å²) in [6.45, 7) is 8.82. The largest absolute Gasteiger partial charge is 0.508 e. The van der Waals surface area contributed by atoms with Gasteiger partial charge < -0.3 is 15.3 Å². The van der Waals surface area contributed by atoms with Gasteiger partial charge in [0, 0.05) is 5.56 Å². The Hall–Kier alpha value is -1.55. The van der Waals surface area contributed by atoms with E-state index in [0.717, 1.165) is 25.7 Å². The van der Waals surface area contributed by atoms with Gasteiger partial charge in [-0.3, -0.25) is 4.79 Å². The fraction of sp³-hybridized carbons (Fsp3) is 0.682. The van der Waals surface area contributed by atoms with Gasteiger partial charge in [-0.05, 0) is 73.8 Å². The van der Waals surface area contributed by atoms with E-state index in [1.165, 1.54) is 18.6 Å². The summed E-state index contributed by atoms with van der Waals surface area (Å²) in [6.07, 6.45) is 6.07. The van der Waals surface area contributed by atoms with Crippen LogP contribution >= 0.6 is 0 Å². The second kappa shape index (κ2) is 6.26. The Balaban J connectivity index is 2.07. The third kappa shape index (κ3) is 2.92. The molecule has 0 bridgehead atoms. The fourth-order valence-corrected chi connectivity index (χ4v) is 6.27. The van der Waals surface area contributed by atoms with E-state index in [-0.39, 0.29) is 33.8 Å². The van der Waals surface area contributed by atoms with Gasteiger partial charge in [-0.15, -0.1) is 0 Å². The predicted molar refractivity (Wildman–Crippen MR) is 101 cm³/mol. The quantitative estimate of drug-likeness (QED) is 0.550. The predicted octanol–water partition coefficient (Wildman–Crippen LogP) is 4.45. The lowest BCUT2D eigenvalue weighted by Gasteiger charge is -2.61. The maximum Gasteiger partial charge on any atom is 0.154 e. The number of aliphatic hydroxyl groups is 1. The molecule has 2 saturated carbocycles. The number of carbonyl (C=O) groups excluding carboxylic acids is 1. The first kappa shape index (κ1) is 19.2. The summed E-state index contributed by atoms with van der Waals surface area (Å²) in [7, 11) is 0. The number of phenolic OH excluding ortho intramolecular Hbond substituents is 2. The van der Waals surface area contributed by atoms with Crippen molar-refractivity contribution in [1.82, 2.24) is 0 Å². The molecule has 0 heterocycles. The lowest BCUT2D eigenvalue weighted by atomic mass is 9.45. The average Bonchev–Trinajstić information content (AvgIpc) is 2.53. The van der Waals surface area contributed by atoms with Crippen LogP contribution in [0.1, 0.15) is 75.7 Å². The van der Waals surface area contributed by atoms with Crippen LogP contribution in [0.2, 0.25) is 0 Å². The van der Waals surface area contributed by atoms with E-state index in [9.17, 15) is 20.1 Å². The van der Waals surface area contributed by atoms with E-state index >= 15 is 0 Å². The van der Waals surface area contributed by atoms with Crippen LogP contribution in [-0.4, -0.2) is 27.2 Å². The van der Waals surface area contributed by atoms with Gasteiger partial charge in [0.25, 0.3) is 0 Å². The second-order valence-corrected chi connectivity index (χ2v) is 9.67. The molecule has 1 aromatic rings. The number of rotatable bonds is 3. The molecule has 26 heavy (non-hydrogen) atoms. The lowest BCUT2D eigenvalue weighted by Crippen LogP contribution is -2.58. The molecule has 0 radical (unpaired) electrons. The smallest absolute Gasteiger partial charge is 0.154 e. The van der Waals surface area contributed by atoms with Crippen molar-refractivity contribution in [1.29, 1.82) is 0 Å². The molecule has 0 aliphatic heterocycles. The van der Waals surface area contributed by atoms with Gasteiger partial charge in [-0.1, -0.05) is 27.2 Å². The van der Waals surface area contributed by atoms with E-state index in [4.69, 9.17) is 0 Å². The molecule has 2 aliphatic carbocycles. The highest BCUT2D eigenvalue weighted by Crippen LogP contribution is 2.62. The molecule has 0 amide bonds. The van der Waals surface area contributed by atoms with Gasteiger partial charge >= 0.3 is 0 Å². The van der Waals surface area contributed by atoms with Gasteiger partial charge in [0.15, 0.2) is 6.29 Å². The van der Waals surface area contributed by atoms with E-state index in [0.29, 0.717) is 24.2 Å². The number of phenols is 2. The van der Waals surface area contributed by atoms with Crippen molar-refractivity contribution in [2.45, 2.75) is 71.8 Å². The second-order valence-electron chi connectivity index (χ2n) is 9.67. The van der Waals surface area contributed by atoms with Crippen LogP contribution in [0.4, 0.5) is 0 Å². The topological polar surface area (TPSA) is 77.8 Å². The van der Waals surface area contributed by atoms with Crippen molar-refractivity contribution in [2.75, 3.05) is 0 Å². The van der Waals surface area contributed by atoms with E-state index in [1.807, 2.05) is 6.92 Å². The minimum Gasteiger partial charge on any atom is -0.508 e. The van der Waals surface area contributed by atoms with Crippen LogP contribution in [0.5, 0.6) is 11.5 Å². The third-order valence-electron chi connectivity index (χ3n) is 7.60. The summed E-state index contributed by atoms with van der Waals surface area (Å²) >= 11 is 0. The number of hydrogen-bond donors (Lipinski definition) is 3. The molecule has 4 atom stereocenters. The molecular weight excluding hydrogens is 328 g/mol. The van der Waals surface area contributed by atoms with Crippen molar-refractivity contribution in [2.24, 2.45) is 22.7 Å². The van der Waals surface area contributed by atoms with Crippen LogP contribution in [0.15, 0.2) is 12.1 Å². The number of hydrogen-bond acceptors (Lipinski definition) is 4. The van der Waals surface area contributed by atoms with Crippen molar-refractivity contribution < 1.29 is 20.1 Å². The number of carbonyl (C=O) groups is 1. The van der Waals surface area contributed by atoms with Gasteiger partial charge in [-0.2, -0.15) is 0 Å². The zero-order valence-electron chi connectivity index (χ0n) is 16.4. The Morgan fingerprint density at radius 1 is 1.08 bits per heavy atom. The molecule has 144 valence electrons. The van der Waals surface area contributed by atoms with Gasteiger partial charge in [0.2, 0.25) is 0 Å². The summed E-state index contributed by atoms with van der Waals surface area (Å²) in [5, 5.41) is 31.7. The molecule has 3 N–H and O–H groups in total. The van der Waals surface area contributed by atoms with Crippen LogP contribution in [0, 0.1) is 22.7 Å². The Morgan fingerprint density at radius 3 is 2.38 bits per heavy atom. The third-order valence-corrected chi connectivity index (χ3v) is 7.60. The minimum atomic E-state index is -0.864. The molecule has 0 spiro atoms. The highest BCUT2D eigenvalue weighted by atomic mass is 16.3. The standard InChI is InChI=1S/C22H32O4/c1-20(2)9-5-10-21(3)18(20)8-11-22(4,26)19(21)12-14-15(13-23)17(25)7-6-16(14)24/h6-7,13,18-19,24-26H,5,8-12H2,1-4H3/t18-,19-,21+,22-/m1/s1. The molecule has 2 fully saturated rings. The summed E-state index contributed by atoms with van der Waals surface area (Å²) in [6, 6.07) is 2.77. The highest BCUT2D eigenvalue weighted by Gasteiger charge is 2.57. The van der Waals surface area contributed by atoms with Crippen molar-refractivity contribution >= 4 is 6.29 Å². The number of aromatic hydroxyl groups is 2. The summed E-state index contributed by atoms with van der Waals surface area (Å²) in [5.74, 6) is 0.309. The van der Waals surface area contributed by atoms with Crippen LogP contribution in [-0.2, 0) is 6.42 Å². The van der Waals surface area contributed by atoms with Gasteiger partial charge in [0.05, 0.1) is 11.2 Å². The Morgan fingerprint density at radius 2 is 1.73 bits per heavy atom. The van der Waals surface area contributed by atoms with Crippen LogP contribution < -0.4 is 0 Å². The first-order valence-electron chi connectivity index (χ1n) is 9.74. The zero-order chi connectivity index (χ0) is 19.3. The van der Waals surface area contributed by atoms with Gasteiger partial charge in [0.1, 0.15) is 11.5 Å². The summed E-state index contributed by atoms with van der Waals surface area (Å²) in [4.78, 5) is 11.5. The molecule has 3 rings (SSSR count). The summed E-state index contributed by atoms with van der Waals surface area (Å²) < 4.78 is 0. The van der Waals surface area contributed by atoms with Crippen molar-refractivity contribution in [3.8, 4) is 11.5 Å². The first-order chi connectivity index (χ1) is 12.0. The van der Waals surface area contributed by atoms with E-state index in [2.05, 4.69) is 20.8 Å². The average molecular weight is 360 g/mol. The highest BCUT2D eigenvalue weighted by molar-refractivity contribution is 5.83. The molecule has 1 aromatic carbocycles. The molecule has 4 nitrogen and oxygen atoms in total. The molecule has 4 heteroatoms. The molecule has 0 aromatic heterocycles. The maximum absolute atomic E-state index is 11.5. The van der Waals surface area contributed by atoms with Crippen LogP contribution in [0.25, 0.3) is 0 Å². The summed E-state index contributed by atoms with van der Waals surface area (Å²) in [5.41, 5.74) is -0.119. The molecule has 2 aliphatic rings. The first-order valence-corrected chi connectivity index (χ1v) is 9.74. The van der Waals surface area contributed by atoms with Crippen molar-refractivity contribution in [3.63, 3.8) is 0 Å². The fourth-order valence-electron chi connectivity index (χ4n) is 6.27. The minimum absolute atomic E-state index is 0.0153. The number of benzene rings is 1. The van der Waals surface area contributed by atoms with Gasteiger partial charge in [-0.25, -0.2) is 0 Å². The normalized spacial score (nSPS) is 36.3. The monoisotopic (exact) mass is 360 g/mol. The Bertz CT molecular complexity index is 706. The zero-order valence-corrected chi connectivity index (χ0v) is 16.4. The molecule has 0 saturated heterocycles. The maximum atomic E-state index is 11.5. The number of fused-ring (bicyclic) bond motifs is 1. The number of aldehydes is 1. The molecular formula is C22H32O4. The lowest BCUT2D eigenvalue weighted by molar-refractivity contribution is -0.166. The molecule has 0 unspecified atom stereocenters. The SMILES string of the molecule is CC1(C)CCC[C@@]2(C)[C@@H]1CC[C@@](C)(O)[C@@H]2Cc1c(O)ccc(O)c1C=O. The van der Waals surface area contributed by atoms with Crippen molar-refractivity contribution in [3.05, 3.63) is 23.3 Å². The van der Waals surface area contributed by atoms with E-state index < -0.39 is 5.60 Å². The Kier molecular flexibility index (Phi) is 4.63.